The van der Waals surface area contributed by atoms with Crippen molar-refractivity contribution in [2.24, 2.45) is 17.6 Å². The van der Waals surface area contributed by atoms with Gasteiger partial charge in [0.15, 0.2) is 0 Å². The summed E-state index contributed by atoms with van der Waals surface area (Å²) in [7, 11) is 0. The van der Waals surface area contributed by atoms with Crippen LogP contribution >= 0.6 is 0 Å². The Labute approximate surface area is 50.6 Å². The number of nitrogens with two attached hydrogens (primary N) is 1. The van der Waals surface area contributed by atoms with Crippen LogP contribution in [0.5, 0.6) is 0 Å². The van der Waals surface area contributed by atoms with Gasteiger partial charge in [-0.2, -0.15) is 0 Å². The third-order valence-electron chi connectivity index (χ3n) is 1.69. The van der Waals surface area contributed by atoms with Gasteiger partial charge in [0.1, 0.15) is 0 Å². The highest BCUT2D eigenvalue weighted by atomic mass is 14.5. The first-order chi connectivity index (χ1) is 3.84. The predicted octanol–water partition coefficient (Wildman–Crippen LogP) is 1.16. The van der Waals surface area contributed by atoms with Gasteiger partial charge in [-0.15, -0.1) is 0 Å². The summed E-state index contributed by atoms with van der Waals surface area (Å²) < 4.78 is 0. The van der Waals surface area contributed by atoms with Crippen LogP contribution < -0.4 is 5.73 Å². The summed E-state index contributed by atoms with van der Waals surface area (Å²) in [4.78, 5) is 0. The van der Waals surface area contributed by atoms with Crippen LogP contribution in [0, 0.1) is 11.8 Å². The van der Waals surface area contributed by atoms with Crippen LogP contribution in [0.3, 0.4) is 0 Å². The highest BCUT2D eigenvalue weighted by Gasteiger charge is 2.29. The van der Waals surface area contributed by atoms with Crippen molar-refractivity contribution in [3.8, 4) is 0 Å². The van der Waals surface area contributed by atoms with Crippen LogP contribution in [0.1, 0.15) is 13.3 Å². The van der Waals surface area contributed by atoms with Crippen LogP contribution in [-0.2, 0) is 0 Å². The van der Waals surface area contributed by atoms with Gasteiger partial charge in [0, 0.05) is 6.54 Å². The molecular weight excluding hydrogens is 98.1 g/mol. The fourth-order valence-electron chi connectivity index (χ4n) is 0.872. The Balaban J connectivity index is 2.12. The van der Waals surface area contributed by atoms with Gasteiger partial charge in [-0.1, -0.05) is 19.1 Å². The molecule has 0 aliphatic heterocycles. The Morgan fingerprint density at radius 1 is 1.75 bits per heavy atom. The smallest absolute Gasteiger partial charge is 0.0106 e. The predicted molar refractivity (Wildman–Crippen MR) is 35.5 cm³/mol. The molecule has 0 amide bonds. The lowest BCUT2D eigenvalue weighted by Crippen LogP contribution is -1.92. The van der Waals surface area contributed by atoms with E-state index in [4.69, 9.17) is 5.73 Å². The van der Waals surface area contributed by atoms with Gasteiger partial charge in [0.05, 0.1) is 0 Å². The first kappa shape index (κ1) is 5.83. The van der Waals surface area contributed by atoms with Crippen molar-refractivity contribution in [3.63, 3.8) is 0 Å². The Morgan fingerprint density at radius 2 is 2.38 bits per heavy atom. The largest absolute Gasteiger partial charge is 0.327 e. The van der Waals surface area contributed by atoms with E-state index in [1.807, 2.05) is 6.08 Å². The van der Waals surface area contributed by atoms with E-state index in [-0.39, 0.29) is 0 Å². The molecule has 0 radical (unpaired) electrons. The minimum absolute atomic E-state index is 0.698. The zero-order chi connectivity index (χ0) is 5.98. The lowest BCUT2D eigenvalue weighted by atomic mass is 10.3. The molecule has 0 aromatic carbocycles. The molecule has 1 aliphatic rings. The Morgan fingerprint density at radius 3 is 2.75 bits per heavy atom. The summed E-state index contributed by atoms with van der Waals surface area (Å²) in [6.45, 7) is 2.97. The van der Waals surface area contributed by atoms with E-state index in [2.05, 4.69) is 13.0 Å². The molecule has 1 saturated carbocycles. The topological polar surface area (TPSA) is 26.0 Å². The SMILES string of the molecule is CC1CC1/C=C/CN. The van der Waals surface area contributed by atoms with Crippen molar-refractivity contribution in [2.45, 2.75) is 13.3 Å². The minimum Gasteiger partial charge on any atom is -0.327 e. The lowest BCUT2D eigenvalue weighted by Gasteiger charge is -1.79. The van der Waals surface area contributed by atoms with Crippen LogP contribution in [0.2, 0.25) is 0 Å². The summed E-state index contributed by atoms with van der Waals surface area (Å²) in [6.07, 6.45) is 5.65. The van der Waals surface area contributed by atoms with Crippen molar-refractivity contribution < 1.29 is 0 Å². The van der Waals surface area contributed by atoms with Crippen LogP contribution in [0.4, 0.5) is 0 Å². The lowest BCUT2D eigenvalue weighted by molar-refractivity contribution is 0.896. The molecule has 0 bridgehead atoms. The molecule has 1 heteroatoms. The monoisotopic (exact) mass is 111 g/mol. The highest BCUT2D eigenvalue weighted by Crippen LogP contribution is 2.38. The van der Waals surface area contributed by atoms with E-state index in [1.54, 1.807) is 0 Å². The van der Waals surface area contributed by atoms with Gasteiger partial charge in [-0.05, 0) is 18.3 Å². The summed E-state index contributed by atoms with van der Waals surface area (Å²) in [5, 5.41) is 0. The van der Waals surface area contributed by atoms with Crippen LogP contribution in [-0.4, -0.2) is 6.54 Å². The molecule has 0 aromatic rings. The molecular formula is C7H13N. The van der Waals surface area contributed by atoms with Gasteiger partial charge in [-0.3, -0.25) is 0 Å². The second-order valence-electron chi connectivity index (χ2n) is 2.54. The normalized spacial score (nSPS) is 36.2. The van der Waals surface area contributed by atoms with E-state index < -0.39 is 0 Å². The van der Waals surface area contributed by atoms with E-state index in [0.717, 1.165) is 11.8 Å². The molecule has 2 unspecified atom stereocenters. The molecule has 1 fully saturated rings. The standard InChI is InChI=1S/C7H13N/c1-6-5-7(6)3-2-4-8/h2-3,6-7H,4-5,8H2,1H3/b3-2+. The summed E-state index contributed by atoms with van der Waals surface area (Å²) in [5.41, 5.74) is 5.26. The van der Waals surface area contributed by atoms with E-state index in [0.29, 0.717) is 6.54 Å². The van der Waals surface area contributed by atoms with Gasteiger partial charge in [0.2, 0.25) is 0 Å². The van der Waals surface area contributed by atoms with Crippen molar-refractivity contribution >= 4 is 0 Å². The maximum absolute atomic E-state index is 5.26. The molecule has 46 valence electrons. The second kappa shape index (κ2) is 2.31. The fraction of sp³-hybridized carbons (Fsp3) is 0.714. The molecule has 0 spiro atoms. The highest BCUT2D eigenvalue weighted by molar-refractivity contribution is 5.00. The van der Waals surface area contributed by atoms with E-state index in [1.165, 1.54) is 6.42 Å². The molecule has 2 N–H and O–H groups in total. The molecule has 2 atom stereocenters. The zero-order valence-electron chi connectivity index (χ0n) is 5.30. The fourth-order valence-corrected chi connectivity index (χ4v) is 0.872. The van der Waals surface area contributed by atoms with Crippen molar-refractivity contribution in [3.05, 3.63) is 12.2 Å². The second-order valence-corrected chi connectivity index (χ2v) is 2.54. The molecule has 1 nitrogen and oxygen atoms in total. The molecule has 1 aliphatic carbocycles. The number of allylic oxidation sites excluding steroid dienone is 1. The average molecular weight is 111 g/mol. The van der Waals surface area contributed by atoms with Crippen molar-refractivity contribution in [1.29, 1.82) is 0 Å². The Kier molecular flexibility index (Phi) is 1.69. The maximum atomic E-state index is 5.26. The van der Waals surface area contributed by atoms with Gasteiger partial charge in [-0.25, -0.2) is 0 Å². The first-order valence-electron chi connectivity index (χ1n) is 3.21. The van der Waals surface area contributed by atoms with Crippen molar-refractivity contribution in [1.82, 2.24) is 0 Å². The maximum Gasteiger partial charge on any atom is 0.0106 e. The van der Waals surface area contributed by atoms with Gasteiger partial charge < -0.3 is 5.73 Å². The Bertz CT molecular complexity index is 96.6. The van der Waals surface area contributed by atoms with E-state index >= 15 is 0 Å². The van der Waals surface area contributed by atoms with Gasteiger partial charge >= 0.3 is 0 Å². The third kappa shape index (κ3) is 1.34. The van der Waals surface area contributed by atoms with E-state index in [9.17, 15) is 0 Å². The molecule has 0 saturated heterocycles. The molecule has 0 heterocycles. The third-order valence-corrected chi connectivity index (χ3v) is 1.69. The number of hydrogen-bond donors (Lipinski definition) is 1. The quantitative estimate of drug-likeness (QED) is 0.532. The summed E-state index contributed by atoms with van der Waals surface area (Å²) in [6, 6.07) is 0. The molecule has 0 aromatic heterocycles. The minimum atomic E-state index is 0.698. The van der Waals surface area contributed by atoms with Crippen LogP contribution in [0.25, 0.3) is 0 Å². The average Bonchev–Trinajstić information content (AvgIpc) is 2.42. The number of rotatable bonds is 2. The number of hydrogen-bond acceptors (Lipinski definition) is 1. The zero-order valence-corrected chi connectivity index (χ0v) is 5.30. The summed E-state index contributed by atoms with van der Waals surface area (Å²) >= 11 is 0. The summed E-state index contributed by atoms with van der Waals surface area (Å²) in [5.74, 6) is 1.79. The molecule has 8 heavy (non-hydrogen) atoms. The van der Waals surface area contributed by atoms with Crippen LogP contribution in [0.15, 0.2) is 12.2 Å². The van der Waals surface area contributed by atoms with Gasteiger partial charge in [0.25, 0.3) is 0 Å². The first-order valence-corrected chi connectivity index (χ1v) is 3.21. The molecule has 1 rings (SSSR count). The Hall–Kier alpha value is -0.300. The van der Waals surface area contributed by atoms with Crippen molar-refractivity contribution in [2.75, 3.05) is 6.54 Å².